The summed E-state index contributed by atoms with van der Waals surface area (Å²) >= 11 is 1.19. The smallest absolute Gasteiger partial charge is 0.348 e. The zero-order valence-corrected chi connectivity index (χ0v) is 19.1. The minimum Gasteiger partial charge on any atom is -0.488 e. The molecule has 0 atom stereocenters. The number of pyridine rings is 1. The Labute approximate surface area is 189 Å². The van der Waals surface area contributed by atoms with E-state index in [4.69, 9.17) is 9.47 Å². The molecular weight excluding hydrogens is 430 g/mol. The molecule has 1 fully saturated rings. The van der Waals surface area contributed by atoms with Gasteiger partial charge >= 0.3 is 5.97 Å². The van der Waals surface area contributed by atoms with Gasteiger partial charge in [0, 0.05) is 18.0 Å². The molecule has 0 unspecified atom stereocenters. The zero-order valence-electron chi connectivity index (χ0n) is 18.3. The minimum absolute atomic E-state index is 0.0495. The quantitative estimate of drug-likeness (QED) is 0.542. The summed E-state index contributed by atoms with van der Waals surface area (Å²) in [5, 5.41) is 0.415. The molecule has 0 radical (unpaired) electrons. The first-order valence-corrected chi connectivity index (χ1v) is 11.8. The molecule has 4 rings (SSSR count). The fraction of sp³-hybridized carbons (Fsp3) is 0.478. The molecule has 9 heteroatoms. The monoisotopic (exact) mass is 457 g/mol. The van der Waals surface area contributed by atoms with Crippen LogP contribution in [0.5, 0.6) is 5.75 Å². The molecule has 0 spiro atoms. The molecule has 1 aliphatic carbocycles. The molecule has 0 saturated heterocycles. The standard InChI is InChI=1S/C23H27N3O5S/c1-3-9-30-18-11-24-15(10-17(18)27)12-26-13-25-21-19(22(26)28)14(2)20(32-21)23(29)31-16-7-5-4-6-8-16/h10-11,13,16H,3-9,12H2,1-2H3,(H,24,27). The largest absolute Gasteiger partial charge is 0.488 e. The van der Waals surface area contributed by atoms with Crippen LogP contribution in [0.1, 0.15) is 66.4 Å². The van der Waals surface area contributed by atoms with Crippen molar-refractivity contribution in [3.8, 4) is 5.75 Å². The molecule has 1 aliphatic rings. The number of nitrogens with one attached hydrogen (secondary N) is 1. The Hall–Kier alpha value is -2.94. The number of nitrogens with zero attached hydrogens (tertiary/aromatic N) is 2. The number of aromatic amines is 1. The van der Waals surface area contributed by atoms with E-state index in [-0.39, 0.29) is 35.4 Å². The second kappa shape index (κ2) is 9.68. The number of thiophene rings is 1. The average Bonchev–Trinajstić information content (AvgIpc) is 3.13. The highest BCUT2D eigenvalue weighted by molar-refractivity contribution is 7.20. The van der Waals surface area contributed by atoms with E-state index >= 15 is 0 Å². The number of ether oxygens (including phenoxy) is 2. The van der Waals surface area contributed by atoms with Crippen LogP contribution >= 0.6 is 11.3 Å². The first-order chi connectivity index (χ1) is 15.5. The lowest BCUT2D eigenvalue weighted by Gasteiger charge is -2.21. The predicted molar refractivity (Wildman–Crippen MR) is 123 cm³/mol. The maximum Gasteiger partial charge on any atom is 0.348 e. The van der Waals surface area contributed by atoms with Crippen molar-refractivity contribution in [2.75, 3.05) is 6.61 Å². The highest BCUT2D eigenvalue weighted by Gasteiger charge is 2.24. The zero-order chi connectivity index (χ0) is 22.7. The van der Waals surface area contributed by atoms with Gasteiger partial charge in [0.25, 0.3) is 5.56 Å². The lowest BCUT2D eigenvalue weighted by molar-refractivity contribution is 0.0216. The molecule has 0 aliphatic heterocycles. The third-order valence-electron chi connectivity index (χ3n) is 5.67. The Bertz CT molecular complexity index is 1240. The van der Waals surface area contributed by atoms with Crippen LogP contribution in [0.3, 0.4) is 0 Å². The van der Waals surface area contributed by atoms with Gasteiger partial charge in [-0.05, 0) is 44.6 Å². The van der Waals surface area contributed by atoms with Gasteiger partial charge in [-0.25, -0.2) is 9.78 Å². The van der Waals surface area contributed by atoms with Gasteiger partial charge in [-0.2, -0.15) is 0 Å². The fourth-order valence-electron chi connectivity index (χ4n) is 3.95. The SMILES string of the molecule is CCCOc1c[nH]c(Cn2cnc3sc(C(=O)OC4CCCCC4)c(C)c3c2=O)cc1=O. The third kappa shape index (κ3) is 4.62. The normalized spacial score (nSPS) is 14.6. The Morgan fingerprint density at radius 1 is 1.28 bits per heavy atom. The molecule has 8 nitrogen and oxygen atoms in total. The van der Waals surface area contributed by atoms with Crippen LogP contribution in [0.4, 0.5) is 0 Å². The van der Waals surface area contributed by atoms with Crippen LogP contribution in [0.15, 0.2) is 28.2 Å². The molecular formula is C23H27N3O5S. The molecule has 1 N–H and O–H groups in total. The Balaban J connectivity index is 1.58. The lowest BCUT2D eigenvalue weighted by Crippen LogP contribution is -2.23. The van der Waals surface area contributed by atoms with Crippen molar-refractivity contribution in [1.82, 2.24) is 14.5 Å². The highest BCUT2D eigenvalue weighted by atomic mass is 32.1. The van der Waals surface area contributed by atoms with Gasteiger partial charge in [0.05, 0.1) is 24.9 Å². The number of rotatable bonds is 7. The van der Waals surface area contributed by atoms with E-state index < -0.39 is 0 Å². The number of hydrogen-bond acceptors (Lipinski definition) is 7. The summed E-state index contributed by atoms with van der Waals surface area (Å²) in [5.41, 5.74) is 0.655. The average molecular weight is 458 g/mol. The number of hydrogen-bond donors (Lipinski definition) is 1. The van der Waals surface area contributed by atoms with Crippen molar-refractivity contribution in [3.05, 3.63) is 55.3 Å². The Morgan fingerprint density at radius 2 is 2.06 bits per heavy atom. The summed E-state index contributed by atoms with van der Waals surface area (Å²) in [6.45, 7) is 4.34. The maximum absolute atomic E-state index is 13.1. The molecule has 3 aromatic rings. The van der Waals surface area contributed by atoms with Crippen molar-refractivity contribution in [2.45, 2.75) is 65.0 Å². The van der Waals surface area contributed by atoms with Gasteiger partial charge in [0.15, 0.2) is 5.75 Å². The molecule has 3 heterocycles. The number of carbonyl (C=O) groups is 1. The van der Waals surface area contributed by atoms with Gasteiger partial charge in [-0.15, -0.1) is 11.3 Å². The van der Waals surface area contributed by atoms with Gasteiger partial charge in [-0.1, -0.05) is 13.3 Å². The van der Waals surface area contributed by atoms with E-state index in [1.54, 1.807) is 6.92 Å². The summed E-state index contributed by atoms with van der Waals surface area (Å²) < 4.78 is 12.5. The van der Waals surface area contributed by atoms with Crippen LogP contribution in [0.25, 0.3) is 10.2 Å². The first kappa shape index (κ1) is 22.3. The maximum atomic E-state index is 13.1. The van der Waals surface area contributed by atoms with E-state index in [1.165, 1.54) is 40.9 Å². The molecule has 0 bridgehead atoms. The molecule has 3 aromatic heterocycles. The molecule has 0 aromatic carbocycles. The van der Waals surface area contributed by atoms with Crippen LogP contribution in [-0.4, -0.2) is 33.2 Å². The van der Waals surface area contributed by atoms with Gasteiger partial charge in [-0.3, -0.25) is 14.2 Å². The number of carbonyl (C=O) groups excluding carboxylic acids is 1. The predicted octanol–water partition coefficient (Wildman–Crippen LogP) is 3.78. The third-order valence-corrected chi connectivity index (χ3v) is 6.85. The van der Waals surface area contributed by atoms with Crippen molar-refractivity contribution in [1.29, 1.82) is 0 Å². The first-order valence-electron chi connectivity index (χ1n) is 11.0. The second-order valence-electron chi connectivity index (χ2n) is 8.11. The van der Waals surface area contributed by atoms with Gasteiger partial charge in [0.1, 0.15) is 15.8 Å². The fourth-order valence-corrected chi connectivity index (χ4v) is 4.98. The molecule has 170 valence electrons. The molecule has 0 amide bonds. The summed E-state index contributed by atoms with van der Waals surface area (Å²) in [6, 6.07) is 1.43. The number of esters is 1. The summed E-state index contributed by atoms with van der Waals surface area (Å²) in [4.78, 5) is 46.4. The Kier molecular flexibility index (Phi) is 6.74. The van der Waals surface area contributed by atoms with Crippen molar-refractivity contribution in [2.24, 2.45) is 0 Å². The number of aromatic nitrogens is 3. The number of H-pyrrole nitrogens is 1. The van der Waals surface area contributed by atoms with E-state index in [0.29, 0.717) is 33.0 Å². The number of aryl methyl sites for hydroxylation is 1. The lowest BCUT2D eigenvalue weighted by atomic mass is 9.98. The molecule has 1 saturated carbocycles. The van der Waals surface area contributed by atoms with Crippen LogP contribution < -0.4 is 15.7 Å². The highest BCUT2D eigenvalue weighted by Crippen LogP contribution is 2.29. The summed E-state index contributed by atoms with van der Waals surface area (Å²) in [7, 11) is 0. The number of fused-ring (bicyclic) bond motifs is 1. The van der Waals surface area contributed by atoms with Gasteiger partial charge in [0.2, 0.25) is 5.43 Å². The summed E-state index contributed by atoms with van der Waals surface area (Å²) in [6.07, 6.45) is 8.81. The van der Waals surface area contributed by atoms with E-state index in [9.17, 15) is 14.4 Å². The topological polar surface area (TPSA) is 103 Å². The Morgan fingerprint density at radius 3 is 2.78 bits per heavy atom. The van der Waals surface area contributed by atoms with E-state index in [0.717, 1.165) is 32.1 Å². The van der Waals surface area contributed by atoms with E-state index in [2.05, 4.69) is 9.97 Å². The van der Waals surface area contributed by atoms with Crippen LogP contribution in [0.2, 0.25) is 0 Å². The van der Waals surface area contributed by atoms with Crippen molar-refractivity contribution in [3.63, 3.8) is 0 Å². The van der Waals surface area contributed by atoms with Crippen LogP contribution in [-0.2, 0) is 11.3 Å². The van der Waals surface area contributed by atoms with Crippen LogP contribution in [0, 0.1) is 6.92 Å². The summed E-state index contributed by atoms with van der Waals surface area (Å²) in [5.74, 6) is -0.123. The van der Waals surface area contributed by atoms with E-state index in [1.807, 2.05) is 6.92 Å². The molecule has 32 heavy (non-hydrogen) atoms. The van der Waals surface area contributed by atoms with Crippen molar-refractivity contribution < 1.29 is 14.3 Å². The second-order valence-corrected chi connectivity index (χ2v) is 9.11. The van der Waals surface area contributed by atoms with Crippen molar-refractivity contribution >= 4 is 27.5 Å². The minimum atomic E-state index is -0.379. The van der Waals surface area contributed by atoms with Gasteiger partial charge < -0.3 is 14.5 Å².